The maximum atomic E-state index is 2.62. The van der Waals surface area contributed by atoms with E-state index in [-0.39, 0.29) is 10.8 Å². The summed E-state index contributed by atoms with van der Waals surface area (Å²) in [6.07, 6.45) is 11.3. The zero-order valence-electron chi connectivity index (χ0n) is 20.8. The Kier molecular flexibility index (Phi) is 5.12. The second kappa shape index (κ2) is 7.62. The second-order valence-electron chi connectivity index (χ2n) is 10.9. The lowest BCUT2D eigenvalue weighted by molar-refractivity contribution is 0.260. The van der Waals surface area contributed by atoms with Crippen molar-refractivity contribution in [3.05, 3.63) is 98.7 Å². The Labute approximate surface area is 195 Å². The monoisotopic (exact) mass is 422 g/mol. The Morgan fingerprint density at radius 3 is 2.06 bits per heavy atom. The van der Waals surface area contributed by atoms with Crippen LogP contribution in [0.25, 0.3) is 6.08 Å². The molecule has 0 saturated carbocycles. The smallest absolute Gasteiger partial charge is 0.0275 e. The first-order valence-electron chi connectivity index (χ1n) is 12.6. The van der Waals surface area contributed by atoms with Crippen molar-refractivity contribution in [2.24, 2.45) is 5.41 Å². The summed E-state index contributed by atoms with van der Waals surface area (Å²) in [6.45, 7) is 14.4. The molecule has 0 bridgehead atoms. The number of hydrogen-bond donors (Lipinski definition) is 0. The largest absolute Gasteiger partial charge is 0.0721 e. The minimum Gasteiger partial charge on any atom is -0.0721 e. The van der Waals surface area contributed by atoms with E-state index in [0.29, 0.717) is 5.92 Å². The molecule has 2 atom stereocenters. The zero-order chi connectivity index (χ0) is 22.7. The standard InChI is InChI=1S/C32H38/c1-21(26-12-8-7-9-13-26)20-32(31(6)24(4)22(2)23(3)25(31)5)17-16-29-18-27-14-10-11-15-28(27)19-30(29)32/h7-9,12-13,16-19,21H,10-11,14-15,20H2,1-6H3. The third-order valence-corrected chi connectivity index (χ3v) is 9.62. The fourth-order valence-corrected chi connectivity index (χ4v) is 7.11. The van der Waals surface area contributed by atoms with Gasteiger partial charge in [-0.3, -0.25) is 0 Å². The minimum absolute atomic E-state index is 0.00879. The highest BCUT2D eigenvalue weighted by Gasteiger charge is 2.55. The summed E-state index contributed by atoms with van der Waals surface area (Å²) in [7, 11) is 0. The molecule has 0 fully saturated rings. The lowest BCUT2D eigenvalue weighted by Crippen LogP contribution is -2.43. The van der Waals surface area contributed by atoms with Gasteiger partial charge in [-0.15, -0.1) is 0 Å². The minimum atomic E-state index is -0.0166. The summed E-state index contributed by atoms with van der Waals surface area (Å²) in [4.78, 5) is 0. The predicted octanol–water partition coefficient (Wildman–Crippen LogP) is 8.72. The molecule has 32 heavy (non-hydrogen) atoms. The molecule has 2 aromatic rings. The van der Waals surface area contributed by atoms with Crippen molar-refractivity contribution in [1.82, 2.24) is 0 Å². The van der Waals surface area contributed by atoms with Crippen molar-refractivity contribution in [3.63, 3.8) is 0 Å². The number of rotatable bonds is 4. The third-order valence-electron chi connectivity index (χ3n) is 9.62. The molecule has 2 aromatic carbocycles. The Bertz CT molecular complexity index is 1130. The quantitative estimate of drug-likeness (QED) is 0.462. The highest BCUT2D eigenvalue weighted by molar-refractivity contribution is 5.71. The summed E-state index contributed by atoms with van der Waals surface area (Å²) in [6, 6.07) is 16.3. The van der Waals surface area contributed by atoms with Crippen LogP contribution in [0.15, 0.2) is 70.8 Å². The maximum Gasteiger partial charge on any atom is 0.0275 e. The highest BCUT2D eigenvalue weighted by atomic mass is 14.6. The first-order chi connectivity index (χ1) is 15.3. The van der Waals surface area contributed by atoms with Gasteiger partial charge in [-0.05, 0) is 105 Å². The molecule has 0 spiro atoms. The maximum absolute atomic E-state index is 2.62. The molecule has 3 aliphatic carbocycles. The normalized spacial score (nSPS) is 24.7. The van der Waals surface area contributed by atoms with Crippen molar-refractivity contribution >= 4 is 6.08 Å². The zero-order valence-corrected chi connectivity index (χ0v) is 20.8. The van der Waals surface area contributed by atoms with Gasteiger partial charge in [0.15, 0.2) is 0 Å². The topological polar surface area (TPSA) is 0 Å². The van der Waals surface area contributed by atoms with Gasteiger partial charge in [0.25, 0.3) is 0 Å². The van der Waals surface area contributed by atoms with Crippen molar-refractivity contribution in [2.45, 2.75) is 85.0 Å². The van der Waals surface area contributed by atoms with Crippen LogP contribution in [0.5, 0.6) is 0 Å². The Morgan fingerprint density at radius 1 is 0.844 bits per heavy atom. The molecule has 0 heterocycles. The first-order valence-corrected chi connectivity index (χ1v) is 12.6. The van der Waals surface area contributed by atoms with Gasteiger partial charge in [0.05, 0.1) is 0 Å². The van der Waals surface area contributed by atoms with E-state index in [4.69, 9.17) is 0 Å². The summed E-state index contributed by atoms with van der Waals surface area (Å²) in [5, 5.41) is 0. The van der Waals surface area contributed by atoms with E-state index < -0.39 is 0 Å². The molecule has 0 saturated heterocycles. The van der Waals surface area contributed by atoms with E-state index in [1.54, 1.807) is 27.8 Å². The van der Waals surface area contributed by atoms with Crippen LogP contribution in [-0.4, -0.2) is 0 Å². The van der Waals surface area contributed by atoms with Gasteiger partial charge in [-0.25, -0.2) is 0 Å². The average molecular weight is 423 g/mol. The molecule has 0 heteroatoms. The van der Waals surface area contributed by atoms with Gasteiger partial charge >= 0.3 is 0 Å². The van der Waals surface area contributed by atoms with Crippen molar-refractivity contribution in [3.8, 4) is 0 Å². The molecule has 0 amide bonds. The number of aryl methyl sites for hydroxylation is 2. The van der Waals surface area contributed by atoms with Crippen LogP contribution >= 0.6 is 0 Å². The fourth-order valence-electron chi connectivity index (χ4n) is 7.11. The van der Waals surface area contributed by atoms with Crippen molar-refractivity contribution in [2.75, 3.05) is 0 Å². The summed E-state index contributed by atoms with van der Waals surface area (Å²) in [5.74, 6) is 0.487. The fraction of sp³-hybridized carbons (Fsp3) is 0.438. The van der Waals surface area contributed by atoms with E-state index in [2.05, 4.69) is 96.2 Å². The van der Waals surface area contributed by atoms with Crippen molar-refractivity contribution < 1.29 is 0 Å². The number of benzene rings is 2. The van der Waals surface area contributed by atoms with E-state index >= 15 is 0 Å². The van der Waals surface area contributed by atoms with Gasteiger partial charge < -0.3 is 0 Å². The molecule has 0 radical (unpaired) electrons. The van der Waals surface area contributed by atoms with Crippen LogP contribution in [0.1, 0.15) is 94.5 Å². The number of hydrogen-bond acceptors (Lipinski definition) is 0. The number of fused-ring (bicyclic) bond motifs is 2. The van der Waals surface area contributed by atoms with Gasteiger partial charge in [-0.2, -0.15) is 0 Å². The van der Waals surface area contributed by atoms with E-state index in [1.807, 2.05) is 0 Å². The first kappa shape index (κ1) is 21.5. The molecule has 2 unspecified atom stereocenters. The molecular weight excluding hydrogens is 384 g/mol. The van der Waals surface area contributed by atoms with Crippen LogP contribution < -0.4 is 0 Å². The molecule has 166 valence electrons. The van der Waals surface area contributed by atoms with Gasteiger partial charge in [-0.1, -0.05) is 79.6 Å². The molecular formula is C32H38. The van der Waals surface area contributed by atoms with Crippen LogP contribution in [0, 0.1) is 5.41 Å². The Morgan fingerprint density at radius 2 is 1.44 bits per heavy atom. The van der Waals surface area contributed by atoms with E-state index in [9.17, 15) is 0 Å². The number of allylic oxidation sites excluding steroid dienone is 5. The summed E-state index contributed by atoms with van der Waals surface area (Å²) < 4.78 is 0. The van der Waals surface area contributed by atoms with Crippen LogP contribution in [0.3, 0.4) is 0 Å². The van der Waals surface area contributed by atoms with Crippen LogP contribution in [-0.2, 0) is 18.3 Å². The Balaban J connectivity index is 1.72. The summed E-state index contributed by atoms with van der Waals surface area (Å²) in [5.41, 5.74) is 13.8. The molecule has 0 nitrogen and oxygen atoms in total. The lowest BCUT2D eigenvalue weighted by atomic mass is 9.54. The van der Waals surface area contributed by atoms with E-state index in [0.717, 1.165) is 6.42 Å². The molecule has 0 aromatic heterocycles. The Hall–Kier alpha value is -2.34. The van der Waals surface area contributed by atoms with Gasteiger partial charge in [0, 0.05) is 10.8 Å². The molecule has 0 aliphatic heterocycles. The molecule has 0 N–H and O–H groups in total. The van der Waals surface area contributed by atoms with Gasteiger partial charge in [0.2, 0.25) is 0 Å². The molecule has 3 aliphatic rings. The van der Waals surface area contributed by atoms with Crippen LogP contribution in [0.2, 0.25) is 0 Å². The van der Waals surface area contributed by atoms with Gasteiger partial charge in [0.1, 0.15) is 0 Å². The second-order valence-corrected chi connectivity index (χ2v) is 10.9. The SMILES string of the molecule is CC1=C(C)C(C)(C2(CC(C)c3ccccc3)C=Cc3cc4c(cc32)CCCC4)C(C)=C1C. The van der Waals surface area contributed by atoms with E-state index in [1.165, 1.54) is 48.0 Å². The van der Waals surface area contributed by atoms with Crippen molar-refractivity contribution in [1.29, 1.82) is 0 Å². The average Bonchev–Trinajstić information content (AvgIpc) is 3.25. The van der Waals surface area contributed by atoms with Crippen LogP contribution in [0.4, 0.5) is 0 Å². The third kappa shape index (κ3) is 2.88. The lowest BCUT2D eigenvalue weighted by Gasteiger charge is -2.49. The highest BCUT2D eigenvalue weighted by Crippen LogP contribution is 2.63. The predicted molar refractivity (Wildman–Crippen MR) is 138 cm³/mol. The summed E-state index contributed by atoms with van der Waals surface area (Å²) >= 11 is 0. The molecule has 5 rings (SSSR count).